The minimum Gasteiger partial charge on any atom is -0.322 e. The van der Waals surface area contributed by atoms with Gasteiger partial charge in [-0.2, -0.15) is 5.26 Å². The maximum atomic E-state index is 12.2. The normalized spacial score (nSPS) is 10.8. The molecule has 0 atom stereocenters. The third kappa shape index (κ3) is 4.41. The summed E-state index contributed by atoms with van der Waals surface area (Å²) in [6, 6.07) is 14.2. The molecule has 0 spiro atoms. The molecule has 2 rings (SSSR count). The third-order valence-electron chi connectivity index (χ3n) is 3.22. The molecule has 1 amide bonds. The number of anilines is 1. The Labute approximate surface area is 141 Å². The Morgan fingerprint density at radius 2 is 1.88 bits per heavy atom. The number of carbonyl (C=O) groups is 1. The van der Waals surface area contributed by atoms with Crippen molar-refractivity contribution in [2.24, 2.45) is 0 Å². The number of hydrogen-bond donors (Lipinski definition) is 2. The lowest BCUT2D eigenvalue weighted by atomic mass is 10.1. The highest BCUT2D eigenvalue weighted by Crippen LogP contribution is 2.15. The lowest BCUT2D eigenvalue weighted by molar-refractivity contribution is 0.102. The van der Waals surface area contributed by atoms with Crippen LogP contribution in [0.4, 0.5) is 5.69 Å². The second kappa shape index (κ2) is 7.73. The average molecular weight is 343 g/mol. The predicted octanol–water partition coefficient (Wildman–Crippen LogP) is 2.50. The first-order chi connectivity index (χ1) is 11.5. The molecule has 0 bridgehead atoms. The van der Waals surface area contributed by atoms with Crippen molar-refractivity contribution in [1.29, 1.82) is 5.26 Å². The fourth-order valence-electron chi connectivity index (χ4n) is 1.97. The maximum absolute atomic E-state index is 12.2. The van der Waals surface area contributed by atoms with E-state index in [9.17, 15) is 13.2 Å². The smallest absolute Gasteiger partial charge is 0.255 e. The van der Waals surface area contributed by atoms with Gasteiger partial charge in [0.15, 0.2) is 0 Å². The minimum atomic E-state index is -3.53. The zero-order valence-electron chi connectivity index (χ0n) is 13.1. The Hall–Kier alpha value is -2.69. The molecule has 0 aromatic heterocycles. The fraction of sp³-hybridized carbons (Fsp3) is 0.176. The monoisotopic (exact) mass is 343 g/mol. The van der Waals surface area contributed by atoms with Crippen LogP contribution in [-0.4, -0.2) is 20.9 Å². The summed E-state index contributed by atoms with van der Waals surface area (Å²) in [5.41, 5.74) is 1.22. The van der Waals surface area contributed by atoms with Crippen LogP contribution >= 0.6 is 0 Å². The van der Waals surface area contributed by atoms with Gasteiger partial charge in [0.1, 0.15) is 0 Å². The first kappa shape index (κ1) is 17.7. The molecule has 0 saturated carbocycles. The van der Waals surface area contributed by atoms with Crippen molar-refractivity contribution in [3.63, 3.8) is 0 Å². The van der Waals surface area contributed by atoms with Crippen LogP contribution in [0, 0.1) is 11.3 Å². The van der Waals surface area contributed by atoms with Gasteiger partial charge in [-0.3, -0.25) is 4.79 Å². The van der Waals surface area contributed by atoms with E-state index in [2.05, 4.69) is 10.0 Å². The molecule has 0 aliphatic rings. The quantitative estimate of drug-likeness (QED) is 0.842. The first-order valence-electron chi connectivity index (χ1n) is 7.37. The van der Waals surface area contributed by atoms with Crippen LogP contribution < -0.4 is 10.0 Å². The van der Waals surface area contributed by atoms with Crippen molar-refractivity contribution in [3.8, 4) is 6.07 Å². The Bertz CT molecular complexity index is 869. The van der Waals surface area contributed by atoms with Crippen molar-refractivity contribution in [2.75, 3.05) is 11.9 Å². The number of sulfonamides is 1. The number of nitriles is 1. The molecule has 7 heteroatoms. The summed E-state index contributed by atoms with van der Waals surface area (Å²) < 4.78 is 26.5. The first-order valence-corrected chi connectivity index (χ1v) is 8.86. The van der Waals surface area contributed by atoms with Gasteiger partial charge in [0, 0.05) is 17.8 Å². The van der Waals surface area contributed by atoms with Crippen molar-refractivity contribution >= 4 is 21.6 Å². The summed E-state index contributed by atoms with van der Waals surface area (Å²) in [7, 11) is -3.53. The van der Waals surface area contributed by atoms with Gasteiger partial charge in [-0.05, 0) is 48.9 Å². The zero-order valence-corrected chi connectivity index (χ0v) is 13.9. The van der Waals surface area contributed by atoms with Gasteiger partial charge in [-0.15, -0.1) is 0 Å². The van der Waals surface area contributed by atoms with Crippen LogP contribution in [0.5, 0.6) is 0 Å². The number of nitrogens with one attached hydrogen (secondary N) is 2. The van der Waals surface area contributed by atoms with Gasteiger partial charge in [0.25, 0.3) is 5.91 Å². The zero-order chi connectivity index (χ0) is 17.6. The van der Waals surface area contributed by atoms with E-state index in [-0.39, 0.29) is 10.8 Å². The molecule has 0 aliphatic carbocycles. The van der Waals surface area contributed by atoms with E-state index in [1.54, 1.807) is 18.2 Å². The van der Waals surface area contributed by atoms with Gasteiger partial charge >= 0.3 is 0 Å². The van der Waals surface area contributed by atoms with Crippen LogP contribution in [0.1, 0.15) is 29.3 Å². The summed E-state index contributed by atoms with van der Waals surface area (Å²) in [6.45, 7) is 2.25. The van der Waals surface area contributed by atoms with E-state index in [1.165, 1.54) is 30.3 Å². The van der Waals surface area contributed by atoms with Gasteiger partial charge < -0.3 is 5.32 Å². The van der Waals surface area contributed by atoms with Crippen LogP contribution in [0.3, 0.4) is 0 Å². The second-order valence-electron chi connectivity index (χ2n) is 5.07. The van der Waals surface area contributed by atoms with Gasteiger partial charge in [0.05, 0.1) is 16.5 Å². The van der Waals surface area contributed by atoms with Crippen molar-refractivity contribution < 1.29 is 13.2 Å². The second-order valence-corrected chi connectivity index (χ2v) is 6.84. The minimum absolute atomic E-state index is 0.139. The Morgan fingerprint density at radius 1 is 1.17 bits per heavy atom. The van der Waals surface area contributed by atoms with Crippen LogP contribution in [0.2, 0.25) is 0 Å². The van der Waals surface area contributed by atoms with E-state index in [4.69, 9.17) is 5.26 Å². The van der Waals surface area contributed by atoms with E-state index in [0.29, 0.717) is 29.8 Å². The summed E-state index contributed by atoms with van der Waals surface area (Å²) in [6.07, 6.45) is 0.704. The topological polar surface area (TPSA) is 99.1 Å². The highest BCUT2D eigenvalue weighted by atomic mass is 32.2. The molecule has 2 aromatic carbocycles. The number of nitrogens with zero attached hydrogens (tertiary/aromatic N) is 1. The molecule has 0 radical (unpaired) electrons. The number of rotatable bonds is 6. The number of hydrogen-bond acceptors (Lipinski definition) is 4. The molecular weight excluding hydrogens is 326 g/mol. The largest absolute Gasteiger partial charge is 0.322 e. The fourth-order valence-corrected chi connectivity index (χ4v) is 3.10. The molecule has 24 heavy (non-hydrogen) atoms. The third-order valence-corrected chi connectivity index (χ3v) is 4.70. The SMILES string of the molecule is CCCNS(=O)(=O)c1ccc(NC(=O)c2cccc(C#N)c2)cc1. The molecule has 0 fully saturated rings. The predicted molar refractivity (Wildman–Crippen MR) is 91.0 cm³/mol. The summed E-state index contributed by atoms with van der Waals surface area (Å²) in [5.74, 6) is -0.369. The van der Waals surface area contributed by atoms with Gasteiger partial charge in [0.2, 0.25) is 10.0 Å². The van der Waals surface area contributed by atoms with Crippen molar-refractivity contribution in [3.05, 3.63) is 59.7 Å². The molecule has 2 aromatic rings. The molecule has 0 unspecified atom stereocenters. The number of benzene rings is 2. The summed E-state index contributed by atoms with van der Waals surface area (Å²) >= 11 is 0. The maximum Gasteiger partial charge on any atom is 0.255 e. The van der Waals surface area contributed by atoms with E-state index >= 15 is 0 Å². The molecule has 6 nitrogen and oxygen atoms in total. The van der Waals surface area contributed by atoms with Crippen molar-refractivity contribution in [1.82, 2.24) is 4.72 Å². The van der Waals surface area contributed by atoms with E-state index < -0.39 is 10.0 Å². The lowest BCUT2D eigenvalue weighted by Gasteiger charge is -2.08. The number of amides is 1. The van der Waals surface area contributed by atoms with Crippen LogP contribution in [0.15, 0.2) is 53.4 Å². The molecule has 2 N–H and O–H groups in total. The van der Waals surface area contributed by atoms with Gasteiger partial charge in [-0.1, -0.05) is 13.0 Å². The summed E-state index contributed by atoms with van der Waals surface area (Å²) in [5, 5.41) is 11.5. The lowest BCUT2D eigenvalue weighted by Crippen LogP contribution is -2.24. The van der Waals surface area contributed by atoms with E-state index in [1.807, 2.05) is 13.0 Å². The Balaban J connectivity index is 2.11. The van der Waals surface area contributed by atoms with Crippen LogP contribution in [0.25, 0.3) is 0 Å². The molecular formula is C17H17N3O3S. The molecule has 0 aliphatic heterocycles. The van der Waals surface area contributed by atoms with Crippen LogP contribution in [-0.2, 0) is 10.0 Å². The standard InChI is InChI=1S/C17H17N3O3S/c1-2-10-19-24(22,23)16-8-6-15(7-9-16)20-17(21)14-5-3-4-13(11-14)12-18/h3-9,11,19H,2,10H2,1H3,(H,20,21). The highest BCUT2D eigenvalue weighted by Gasteiger charge is 2.13. The average Bonchev–Trinajstić information content (AvgIpc) is 2.60. The van der Waals surface area contributed by atoms with E-state index in [0.717, 1.165) is 0 Å². The summed E-state index contributed by atoms with van der Waals surface area (Å²) in [4.78, 5) is 12.3. The molecule has 124 valence electrons. The van der Waals surface area contributed by atoms with Gasteiger partial charge in [-0.25, -0.2) is 13.1 Å². The Kier molecular flexibility index (Phi) is 5.68. The highest BCUT2D eigenvalue weighted by molar-refractivity contribution is 7.89. The van der Waals surface area contributed by atoms with Crippen molar-refractivity contribution in [2.45, 2.75) is 18.2 Å². The molecule has 0 saturated heterocycles. The molecule has 0 heterocycles. The number of carbonyl (C=O) groups excluding carboxylic acids is 1. The Morgan fingerprint density at radius 3 is 2.50 bits per heavy atom.